The van der Waals surface area contributed by atoms with Crippen molar-refractivity contribution in [2.75, 3.05) is 6.54 Å². The van der Waals surface area contributed by atoms with Gasteiger partial charge in [-0.05, 0) is 48.6 Å². The molecular weight excluding hydrogens is 274 g/mol. The number of rotatable bonds is 1. The molecule has 1 atom stereocenters. The first-order valence-electron chi connectivity index (χ1n) is 7.70. The maximum absolute atomic E-state index is 12.7. The molecule has 0 fully saturated rings. The molecule has 2 aromatic rings. The Hall–Kier alpha value is -2.42. The molecule has 4 rings (SSSR count). The zero-order valence-electron chi connectivity index (χ0n) is 12.5. The Kier molecular flexibility index (Phi) is 2.89. The third kappa shape index (κ3) is 1.82. The molecule has 2 aromatic carbocycles. The van der Waals surface area contributed by atoms with Gasteiger partial charge >= 0.3 is 0 Å². The molecule has 1 amide bonds. The molecule has 0 saturated carbocycles. The minimum absolute atomic E-state index is 0.0412. The number of nitrogens with zero attached hydrogens (tertiary/aromatic N) is 1. The van der Waals surface area contributed by atoms with Crippen LogP contribution in [0.2, 0.25) is 0 Å². The quantitative estimate of drug-likeness (QED) is 0.755. The number of carbonyl (C=O) groups excluding carboxylic acids is 2. The zero-order chi connectivity index (χ0) is 15.3. The standard InChI is InChI=1S/C19H17NO2/c1-12(21)14-9-8-13-5-4-10-20-18(17(13)11-14)15-6-2-3-7-16(15)19(20)22/h2-3,6-9,11,18H,4-5,10H2,1H3. The van der Waals surface area contributed by atoms with Crippen molar-refractivity contribution in [2.45, 2.75) is 25.8 Å². The average molecular weight is 291 g/mol. The largest absolute Gasteiger partial charge is 0.327 e. The average Bonchev–Trinajstić information content (AvgIpc) is 2.69. The summed E-state index contributed by atoms with van der Waals surface area (Å²) < 4.78 is 0. The van der Waals surface area contributed by atoms with Crippen LogP contribution in [0.15, 0.2) is 42.5 Å². The number of amides is 1. The monoisotopic (exact) mass is 291 g/mol. The Balaban J connectivity index is 1.95. The van der Waals surface area contributed by atoms with E-state index < -0.39 is 0 Å². The summed E-state index contributed by atoms with van der Waals surface area (Å²) in [5.74, 6) is 0.179. The van der Waals surface area contributed by atoms with Crippen LogP contribution >= 0.6 is 0 Å². The number of hydrogen-bond donors (Lipinski definition) is 0. The Morgan fingerprint density at radius 2 is 1.95 bits per heavy atom. The lowest BCUT2D eigenvalue weighted by atomic mass is 9.91. The fraction of sp³-hybridized carbons (Fsp3) is 0.263. The molecule has 22 heavy (non-hydrogen) atoms. The summed E-state index contributed by atoms with van der Waals surface area (Å²) >= 11 is 0. The van der Waals surface area contributed by atoms with Gasteiger partial charge in [0.2, 0.25) is 0 Å². The first-order chi connectivity index (χ1) is 10.7. The summed E-state index contributed by atoms with van der Waals surface area (Å²) in [5, 5.41) is 0. The normalized spacial score (nSPS) is 19.2. The van der Waals surface area contributed by atoms with Gasteiger partial charge in [-0.2, -0.15) is 0 Å². The molecule has 0 aromatic heterocycles. The van der Waals surface area contributed by atoms with E-state index in [1.54, 1.807) is 6.92 Å². The molecule has 2 aliphatic heterocycles. The van der Waals surface area contributed by atoms with E-state index in [0.717, 1.165) is 41.6 Å². The molecule has 0 aliphatic carbocycles. The van der Waals surface area contributed by atoms with Crippen LogP contribution in [0.4, 0.5) is 0 Å². The topological polar surface area (TPSA) is 37.4 Å². The lowest BCUT2D eigenvalue weighted by Gasteiger charge is -2.24. The molecule has 0 bridgehead atoms. The van der Waals surface area contributed by atoms with Crippen LogP contribution in [-0.2, 0) is 6.42 Å². The summed E-state index contributed by atoms with van der Waals surface area (Å²) in [6, 6.07) is 13.7. The van der Waals surface area contributed by atoms with Crippen molar-refractivity contribution in [3.63, 3.8) is 0 Å². The third-order valence-corrected chi connectivity index (χ3v) is 4.75. The molecule has 3 nitrogen and oxygen atoms in total. The van der Waals surface area contributed by atoms with E-state index in [2.05, 4.69) is 6.07 Å². The lowest BCUT2D eigenvalue weighted by molar-refractivity contribution is 0.0753. The van der Waals surface area contributed by atoms with Crippen molar-refractivity contribution in [3.8, 4) is 0 Å². The Morgan fingerprint density at radius 1 is 1.14 bits per heavy atom. The Morgan fingerprint density at radius 3 is 2.77 bits per heavy atom. The van der Waals surface area contributed by atoms with Crippen molar-refractivity contribution < 1.29 is 9.59 Å². The second-order valence-electron chi connectivity index (χ2n) is 6.06. The van der Waals surface area contributed by atoms with Crippen molar-refractivity contribution in [3.05, 3.63) is 70.3 Å². The highest BCUT2D eigenvalue weighted by Gasteiger charge is 2.39. The van der Waals surface area contributed by atoms with Crippen molar-refractivity contribution >= 4 is 11.7 Å². The predicted molar refractivity (Wildman–Crippen MR) is 84.1 cm³/mol. The molecular formula is C19H17NO2. The van der Waals surface area contributed by atoms with E-state index in [4.69, 9.17) is 0 Å². The van der Waals surface area contributed by atoms with Crippen LogP contribution in [0.5, 0.6) is 0 Å². The van der Waals surface area contributed by atoms with E-state index in [-0.39, 0.29) is 17.7 Å². The van der Waals surface area contributed by atoms with Gasteiger partial charge in [-0.1, -0.05) is 30.3 Å². The van der Waals surface area contributed by atoms with Gasteiger partial charge in [0.1, 0.15) is 0 Å². The van der Waals surface area contributed by atoms with Crippen molar-refractivity contribution in [1.29, 1.82) is 0 Å². The van der Waals surface area contributed by atoms with Gasteiger partial charge in [-0.3, -0.25) is 9.59 Å². The number of benzene rings is 2. The summed E-state index contributed by atoms with van der Waals surface area (Å²) in [7, 11) is 0. The van der Waals surface area contributed by atoms with Crippen molar-refractivity contribution in [2.24, 2.45) is 0 Å². The molecule has 0 spiro atoms. The number of aryl methyl sites for hydroxylation is 1. The molecule has 0 radical (unpaired) electrons. The van der Waals surface area contributed by atoms with Gasteiger partial charge in [0.05, 0.1) is 6.04 Å². The van der Waals surface area contributed by atoms with Gasteiger partial charge < -0.3 is 4.90 Å². The maximum atomic E-state index is 12.7. The fourth-order valence-corrected chi connectivity index (χ4v) is 3.67. The molecule has 2 aliphatic rings. The van der Waals surface area contributed by atoms with Gasteiger partial charge in [-0.25, -0.2) is 0 Å². The van der Waals surface area contributed by atoms with Gasteiger partial charge in [0.15, 0.2) is 5.78 Å². The maximum Gasteiger partial charge on any atom is 0.255 e. The first-order valence-corrected chi connectivity index (χ1v) is 7.70. The van der Waals surface area contributed by atoms with Crippen molar-refractivity contribution in [1.82, 2.24) is 4.90 Å². The Bertz CT molecular complexity index is 794. The highest BCUT2D eigenvalue weighted by atomic mass is 16.2. The van der Waals surface area contributed by atoms with Crippen LogP contribution in [-0.4, -0.2) is 23.1 Å². The number of Topliss-reactive ketones (excluding diaryl/α,β-unsaturated/α-hetero) is 1. The third-order valence-electron chi connectivity index (χ3n) is 4.75. The number of hydrogen-bond acceptors (Lipinski definition) is 2. The van der Waals surface area contributed by atoms with Gasteiger partial charge in [0.25, 0.3) is 5.91 Å². The summed E-state index contributed by atoms with van der Waals surface area (Å²) in [6.07, 6.45) is 1.92. The molecule has 2 heterocycles. The highest BCUT2D eigenvalue weighted by molar-refractivity contribution is 6.00. The van der Waals surface area contributed by atoms with Crippen LogP contribution in [0.1, 0.15) is 56.8 Å². The number of ketones is 1. The summed E-state index contributed by atoms with van der Waals surface area (Å²) in [4.78, 5) is 26.4. The smallest absolute Gasteiger partial charge is 0.255 e. The lowest BCUT2D eigenvalue weighted by Crippen LogP contribution is -2.28. The number of carbonyl (C=O) groups is 2. The van der Waals surface area contributed by atoms with Crippen LogP contribution in [0.25, 0.3) is 0 Å². The van der Waals surface area contributed by atoms with E-state index in [1.165, 1.54) is 5.56 Å². The molecule has 110 valence electrons. The van der Waals surface area contributed by atoms with E-state index in [1.807, 2.05) is 41.3 Å². The van der Waals surface area contributed by atoms with E-state index in [0.29, 0.717) is 0 Å². The molecule has 3 heteroatoms. The first kappa shape index (κ1) is 13.3. The van der Waals surface area contributed by atoms with Crippen LogP contribution in [0.3, 0.4) is 0 Å². The molecule has 0 N–H and O–H groups in total. The Labute approximate surface area is 129 Å². The summed E-state index contributed by atoms with van der Waals surface area (Å²) in [6.45, 7) is 2.35. The summed E-state index contributed by atoms with van der Waals surface area (Å²) in [5.41, 5.74) is 4.95. The second kappa shape index (κ2) is 4.80. The minimum Gasteiger partial charge on any atom is -0.327 e. The van der Waals surface area contributed by atoms with Crippen LogP contribution < -0.4 is 0 Å². The minimum atomic E-state index is -0.0412. The molecule has 1 unspecified atom stereocenters. The van der Waals surface area contributed by atoms with E-state index in [9.17, 15) is 9.59 Å². The molecule has 0 saturated heterocycles. The highest BCUT2D eigenvalue weighted by Crippen LogP contribution is 2.41. The number of fused-ring (bicyclic) bond motifs is 5. The fourth-order valence-electron chi connectivity index (χ4n) is 3.67. The van der Waals surface area contributed by atoms with Gasteiger partial charge in [0, 0.05) is 17.7 Å². The second-order valence-corrected chi connectivity index (χ2v) is 6.06. The SMILES string of the molecule is CC(=O)c1ccc2c(c1)C1c3ccccc3C(=O)N1CCC2. The van der Waals surface area contributed by atoms with Gasteiger partial charge in [-0.15, -0.1) is 0 Å². The van der Waals surface area contributed by atoms with E-state index >= 15 is 0 Å². The predicted octanol–water partition coefficient (Wildman–Crippen LogP) is 3.38. The zero-order valence-corrected chi connectivity index (χ0v) is 12.5. The van der Waals surface area contributed by atoms with Crippen LogP contribution in [0, 0.1) is 0 Å².